The van der Waals surface area contributed by atoms with E-state index in [0.29, 0.717) is 6.54 Å². The van der Waals surface area contributed by atoms with Gasteiger partial charge in [-0.2, -0.15) is 0 Å². The molecule has 20 heavy (non-hydrogen) atoms. The highest BCUT2D eigenvalue weighted by atomic mass is 32.2. The standard InChI is InChI=1S/C15H25NO3S/c1-15(2,14(18)19)11-6-5-8-16(10-11)13(17)12-7-3-4-9-20-12/h11-12H,3-10H2,1-2H3,(H,18,19). The molecular weight excluding hydrogens is 274 g/mol. The molecule has 2 aliphatic rings. The molecule has 2 saturated heterocycles. The van der Waals surface area contributed by atoms with E-state index < -0.39 is 11.4 Å². The van der Waals surface area contributed by atoms with Crippen molar-refractivity contribution >= 4 is 23.6 Å². The Morgan fingerprint density at radius 3 is 2.55 bits per heavy atom. The van der Waals surface area contributed by atoms with Crippen LogP contribution in [-0.4, -0.2) is 46.0 Å². The number of hydrogen-bond acceptors (Lipinski definition) is 3. The molecule has 2 atom stereocenters. The number of aliphatic carboxylic acids is 1. The zero-order valence-electron chi connectivity index (χ0n) is 12.4. The number of hydrogen-bond donors (Lipinski definition) is 1. The van der Waals surface area contributed by atoms with E-state index in [1.54, 1.807) is 25.6 Å². The average molecular weight is 299 g/mol. The Morgan fingerprint density at radius 1 is 1.20 bits per heavy atom. The van der Waals surface area contributed by atoms with Crippen molar-refractivity contribution in [3.05, 3.63) is 0 Å². The quantitative estimate of drug-likeness (QED) is 0.870. The summed E-state index contributed by atoms with van der Waals surface area (Å²) in [6, 6.07) is 0. The van der Waals surface area contributed by atoms with Crippen molar-refractivity contribution in [2.24, 2.45) is 11.3 Å². The van der Waals surface area contributed by atoms with Gasteiger partial charge in [0.1, 0.15) is 0 Å². The fourth-order valence-electron chi connectivity index (χ4n) is 3.08. The van der Waals surface area contributed by atoms with Crippen molar-refractivity contribution < 1.29 is 14.7 Å². The largest absolute Gasteiger partial charge is 0.481 e. The van der Waals surface area contributed by atoms with Crippen molar-refractivity contribution in [2.75, 3.05) is 18.8 Å². The molecule has 0 aromatic carbocycles. The molecular formula is C15H25NO3S. The molecule has 114 valence electrons. The molecule has 1 amide bonds. The third-order valence-electron chi connectivity index (χ3n) is 4.76. The topological polar surface area (TPSA) is 57.6 Å². The van der Waals surface area contributed by atoms with Gasteiger partial charge in [0.2, 0.25) is 5.91 Å². The van der Waals surface area contributed by atoms with Crippen molar-refractivity contribution in [3.8, 4) is 0 Å². The van der Waals surface area contributed by atoms with Crippen molar-refractivity contribution in [1.29, 1.82) is 0 Å². The number of carbonyl (C=O) groups excluding carboxylic acids is 1. The third-order valence-corrected chi connectivity index (χ3v) is 6.12. The first-order valence-electron chi connectivity index (χ1n) is 7.56. The maximum atomic E-state index is 12.6. The molecule has 2 aliphatic heterocycles. The zero-order chi connectivity index (χ0) is 14.8. The lowest BCUT2D eigenvalue weighted by Gasteiger charge is -2.40. The lowest BCUT2D eigenvalue weighted by Crippen LogP contribution is -2.49. The molecule has 5 heteroatoms. The van der Waals surface area contributed by atoms with E-state index in [-0.39, 0.29) is 17.1 Å². The molecule has 0 radical (unpaired) electrons. The molecule has 0 aromatic heterocycles. The van der Waals surface area contributed by atoms with Crippen molar-refractivity contribution in [3.63, 3.8) is 0 Å². The molecule has 0 saturated carbocycles. The van der Waals surface area contributed by atoms with E-state index in [1.807, 2.05) is 4.90 Å². The van der Waals surface area contributed by atoms with Gasteiger partial charge in [0, 0.05) is 13.1 Å². The van der Waals surface area contributed by atoms with E-state index >= 15 is 0 Å². The molecule has 0 bridgehead atoms. The van der Waals surface area contributed by atoms with Crippen LogP contribution in [0.5, 0.6) is 0 Å². The van der Waals surface area contributed by atoms with Gasteiger partial charge in [-0.3, -0.25) is 9.59 Å². The summed E-state index contributed by atoms with van der Waals surface area (Å²) in [5, 5.41) is 9.47. The van der Waals surface area contributed by atoms with Crippen molar-refractivity contribution in [2.45, 2.75) is 51.2 Å². The molecule has 0 aliphatic carbocycles. The summed E-state index contributed by atoms with van der Waals surface area (Å²) in [7, 11) is 0. The SMILES string of the molecule is CC(C)(C(=O)O)C1CCCN(C(=O)C2CCCCS2)C1. The van der Waals surface area contributed by atoms with Crippen LogP contribution in [-0.2, 0) is 9.59 Å². The molecule has 2 heterocycles. The summed E-state index contributed by atoms with van der Waals surface area (Å²) >= 11 is 1.77. The van der Waals surface area contributed by atoms with Crippen LogP contribution in [0.4, 0.5) is 0 Å². The van der Waals surface area contributed by atoms with Crippen LogP contribution >= 0.6 is 11.8 Å². The summed E-state index contributed by atoms with van der Waals surface area (Å²) < 4.78 is 0. The van der Waals surface area contributed by atoms with Crippen LogP contribution in [0.2, 0.25) is 0 Å². The minimum Gasteiger partial charge on any atom is -0.481 e. The second kappa shape index (κ2) is 6.37. The number of piperidine rings is 1. The number of rotatable bonds is 3. The van der Waals surface area contributed by atoms with Gasteiger partial charge in [0.05, 0.1) is 10.7 Å². The first-order valence-corrected chi connectivity index (χ1v) is 8.61. The average Bonchev–Trinajstić information content (AvgIpc) is 2.47. The monoisotopic (exact) mass is 299 g/mol. The Hall–Kier alpha value is -0.710. The number of amides is 1. The lowest BCUT2D eigenvalue weighted by molar-refractivity contribution is -0.153. The second-order valence-corrected chi connectivity index (χ2v) is 7.82. The summed E-state index contributed by atoms with van der Waals surface area (Å²) in [5.41, 5.74) is -0.751. The van der Waals surface area contributed by atoms with Crippen LogP contribution in [0, 0.1) is 11.3 Å². The minimum absolute atomic E-state index is 0.0614. The fraction of sp³-hybridized carbons (Fsp3) is 0.867. The molecule has 0 spiro atoms. The maximum absolute atomic E-state index is 12.6. The van der Waals surface area contributed by atoms with Crippen LogP contribution in [0.1, 0.15) is 46.0 Å². The van der Waals surface area contributed by atoms with Gasteiger partial charge in [-0.1, -0.05) is 6.42 Å². The lowest BCUT2D eigenvalue weighted by atomic mass is 9.74. The maximum Gasteiger partial charge on any atom is 0.309 e. The Labute approximate surface area is 125 Å². The van der Waals surface area contributed by atoms with Gasteiger partial charge in [-0.25, -0.2) is 0 Å². The Balaban J connectivity index is 1.99. The number of carbonyl (C=O) groups is 2. The number of carboxylic acids is 1. The number of thioether (sulfide) groups is 1. The van der Waals surface area contributed by atoms with Crippen molar-refractivity contribution in [1.82, 2.24) is 4.90 Å². The minimum atomic E-state index is -0.760. The third kappa shape index (κ3) is 3.30. The summed E-state index contributed by atoms with van der Waals surface area (Å²) in [6.45, 7) is 4.96. The molecule has 4 nitrogen and oxygen atoms in total. The van der Waals surface area contributed by atoms with Gasteiger partial charge in [0.15, 0.2) is 0 Å². The smallest absolute Gasteiger partial charge is 0.309 e. The van der Waals surface area contributed by atoms with Crippen LogP contribution in [0.15, 0.2) is 0 Å². The number of likely N-dealkylation sites (tertiary alicyclic amines) is 1. The van der Waals surface area contributed by atoms with E-state index in [1.165, 1.54) is 6.42 Å². The van der Waals surface area contributed by atoms with Gasteiger partial charge < -0.3 is 10.0 Å². The van der Waals surface area contributed by atoms with Gasteiger partial charge >= 0.3 is 5.97 Å². The zero-order valence-corrected chi connectivity index (χ0v) is 13.2. The van der Waals surface area contributed by atoms with Crippen LogP contribution in [0.3, 0.4) is 0 Å². The molecule has 0 aromatic rings. The highest BCUT2D eigenvalue weighted by Crippen LogP contribution is 2.35. The molecule has 2 rings (SSSR count). The predicted octanol–water partition coefficient (Wildman–Crippen LogP) is 2.62. The van der Waals surface area contributed by atoms with E-state index in [4.69, 9.17) is 0 Å². The Kier molecular flexibility index (Phi) is 4.99. The number of nitrogens with zero attached hydrogens (tertiary/aromatic N) is 1. The van der Waals surface area contributed by atoms with E-state index in [9.17, 15) is 14.7 Å². The first-order chi connectivity index (χ1) is 9.43. The molecule has 2 unspecified atom stereocenters. The van der Waals surface area contributed by atoms with Gasteiger partial charge in [-0.05, 0) is 51.2 Å². The molecule has 2 fully saturated rings. The summed E-state index contributed by atoms with van der Waals surface area (Å²) in [5.74, 6) is 0.615. The van der Waals surface area contributed by atoms with E-state index in [2.05, 4.69) is 0 Å². The van der Waals surface area contributed by atoms with Gasteiger partial charge in [-0.15, -0.1) is 11.8 Å². The summed E-state index contributed by atoms with van der Waals surface area (Å²) in [6.07, 6.45) is 5.16. The highest BCUT2D eigenvalue weighted by molar-refractivity contribution is 8.00. The second-order valence-electron chi connectivity index (χ2n) is 6.51. The van der Waals surface area contributed by atoms with Crippen LogP contribution in [0.25, 0.3) is 0 Å². The number of carboxylic acid groups (broad SMARTS) is 1. The normalized spacial score (nSPS) is 28.2. The van der Waals surface area contributed by atoms with E-state index in [0.717, 1.165) is 38.0 Å². The summed E-state index contributed by atoms with van der Waals surface area (Å²) in [4.78, 5) is 25.9. The fourth-order valence-corrected chi connectivity index (χ4v) is 4.36. The first kappa shape index (κ1) is 15.7. The molecule has 1 N–H and O–H groups in total. The highest BCUT2D eigenvalue weighted by Gasteiger charge is 2.40. The predicted molar refractivity (Wildman–Crippen MR) is 80.8 cm³/mol. The van der Waals surface area contributed by atoms with Gasteiger partial charge in [0.25, 0.3) is 0 Å². The van der Waals surface area contributed by atoms with Crippen LogP contribution < -0.4 is 0 Å². The Bertz CT molecular complexity index is 377. The Morgan fingerprint density at radius 2 is 1.95 bits per heavy atom.